The SMILES string of the molecule is Cc1c(N2CCC(N3CCCC3)CC2)nn2c(C(F)(F)F)nnc2c1C. The van der Waals surface area contributed by atoms with Gasteiger partial charge in [0.15, 0.2) is 11.5 Å². The Hall–Kier alpha value is -1.90. The van der Waals surface area contributed by atoms with Crippen LogP contribution in [0.5, 0.6) is 0 Å². The summed E-state index contributed by atoms with van der Waals surface area (Å²) in [6, 6.07) is 0.583. The van der Waals surface area contributed by atoms with Crippen molar-refractivity contribution in [2.45, 2.75) is 51.7 Å². The van der Waals surface area contributed by atoms with Gasteiger partial charge in [0.1, 0.15) is 0 Å². The van der Waals surface area contributed by atoms with Crippen molar-refractivity contribution >= 4 is 11.5 Å². The van der Waals surface area contributed by atoms with Crippen LogP contribution in [-0.2, 0) is 6.18 Å². The van der Waals surface area contributed by atoms with Crippen LogP contribution in [0.25, 0.3) is 5.65 Å². The van der Waals surface area contributed by atoms with Crippen molar-refractivity contribution < 1.29 is 13.2 Å². The van der Waals surface area contributed by atoms with Crippen LogP contribution in [0.2, 0.25) is 0 Å². The molecule has 0 unspecified atom stereocenters. The first-order valence-electron chi connectivity index (χ1n) is 9.15. The molecule has 142 valence electrons. The molecule has 2 aromatic heterocycles. The topological polar surface area (TPSA) is 49.6 Å². The maximum atomic E-state index is 13.2. The van der Waals surface area contributed by atoms with Crippen LogP contribution in [0, 0.1) is 13.8 Å². The Morgan fingerprint density at radius 2 is 1.58 bits per heavy atom. The highest BCUT2D eigenvalue weighted by molar-refractivity contribution is 5.59. The lowest BCUT2D eigenvalue weighted by atomic mass is 10.0. The highest BCUT2D eigenvalue weighted by atomic mass is 19.4. The molecule has 0 N–H and O–H groups in total. The second kappa shape index (κ2) is 6.37. The number of fused-ring (bicyclic) bond motifs is 1. The minimum absolute atomic E-state index is 0.172. The Labute approximate surface area is 150 Å². The first kappa shape index (κ1) is 17.5. The van der Waals surface area contributed by atoms with Gasteiger partial charge in [0.05, 0.1) is 0 Å². The van der Waals surface area contributed by atoms with Crippen LogP contribution in [0.3, 0.4) is 0 Å². The third-order valence-corrected chi connectivity index (χ3v) is 5.74. The molecule has 0 radical (unpaired) electrons. The summed E-state index contributed by atoms with van der Waals surface area (Å²) < 4.78 is 40.4. The van der Waals surface area contributed by atoms with Crippen molar-refractivity contribution in [3.05, 3.63) is 17.0 Å². The summed E-state index contributed by atoms with van der Waals surface area (Å²) in [5, 5.41) is 11.3. The summed E-state index contributed by atoms with van der Waals surface area (Å²) in [7, 11) is 0. The van der Waals surface area contributed by atoms with Gasteiger partial charge in [-0.1, -0.05) is 0 Å². The molecule has 0 spiro atoms. The van der Waals surface area contributed by atoms with Crippen LogP contribution in [0.1, 0.15) is 42.6 Å². The lowest BCUT2D eigenvalue weighted by Gasteiger charge is -2.37. The first-order chi connectivity index (χ1) is 12.4. The van der Waals surface area contributed by atoms with Crippen molar-refractivity contribution in [1.82, 2.24) is 24.7 Å². The zero-order chi connectivity index (χ0) is 18.5. The molecule has 0 atom stereocenters. The number of anilines is 1. The Balaban J connectivity index is 1.63. The number of aryl methyl sites for hydroxylation is 1. The molecular weight excluding hydrogens is 345 g/mol. The second-order valence-corrected chi connectivity index (χ2v) is 7.29. The second-order valence-electron chi connectivity index (χ2n) is 7.29. The smallest absolute Gasteiger partial charge is 0.355 e. The van der Waals surface area contributed by atoms with E-state index < -0.39 is 12.0 Å². The quantitative estimate of drug-likeness (QED) is 0.816. The molecular formula is C17H23F3N6. The summed E-state index contributed by atoms with van der Waals surface area (Å²) in [6.45, 7) is 7.63. The Kier molecular flexibility index (Phi) is 4.29. The van der Waals surface area contributed by atoms with E-state index in [1.807, 2.05) is 6.92 Å². The Morgan fingerprint density at radius 3 is 2.19 bits per heavy atom. The number of hydrogen-bond donors (Lipinski definition) is 0. The fourth-order valence-electron chi connectivity index (χ4n) is 4.14. The van der Waals surface area contributed by atoms with E-state index in [1.165, 1.54) is 25.9 Å². The van der Waals surface area contributed by atoms with Gasteiger partial charge >= 0.3 is 6.18 Å². The number of hydrogen-bond acceptors (Lipinski definition) is 5. The zero-order valence-electron chi connectivity index (χ0n) is 15.1. The largest absolute Gasteiger partial charge is 0.453 e. The Bertz CT molecular complexity index is 801. The van der Waals surface area contributed by atoms with E-state index in [9.17, 15) is 13.2 Å². The minimum Gasteiger partial charge on any atom is -0.355 e. The van der Waals surface area contributed by atoms with Crippen LogP contribution >= 0.6 is 0 Å². The fraction of sp³-hybridized carbons (Fsp3) is 0.706. The van der Waals surface area contributed by atoms with Crippen LogP contribution < -0.4 is 4.90 Å². The van der Waals surface area contributed by atoms with Crippen LogP contribution in [0.4, 0.5) is 19.0 Å². The zero-order valence-corrected chi connectivity index (χ0v) is 15.1. The summed E-state index contributed by atoms with van der Waals surface area (Å²) in [5.41, 5.74) is 1.74. The number of likely N-dealkylation sites (tertiary alicyclic amines) is 1. The molecule has 2 aliphatic heterocycles. The minimum atomic E-state index is -4.58. The van der Waals surface area contributed by atoms with Gasteiger partial charge in [-0.2, -0.15) is 17.7 Å². The van der Waals surface area contributed by atoms with Gasteiger partial charge in [0.25, 0.3) is 5.82 Å². The molecule has 2 aliphatic rings. The van der Waals surface area contributed by atoms with E-state index in [1.54, 1.807) is 6.92 Å². The third kappa shape index (κ3) is 2.91. The van der Waals surface area contributed by atoms with Gasteiger partial charge in [0, 0.05) is 30.3 Å². The van der Waals surface area contributed by atoms with Gasteiger partial charge in [0.2, 0.25) is 0 Å². The average Bonchev–Trinajstić information content (AvgIpc) is 3.27. The molecule has 0 aromatic carbocycles. The number of halogens is 3. The molecule has 2 saturated heterocycles. The van der Waals surface area contributed by atoms with E-state index in [0.29, 0.717) is 17.4 Å². The van der Waals surface area contributed by atoms with Crippen molar-refractivity contribution in [3.63, 3.8) is 0 Å². The molecule has 0 bridgehead atoms. The standard InChI is InChI=1S/C17H23F3N6/c1-11-12(2)15(23-26-14(11)21-22-16(26)17(18,19)20)25-9-5-13(6-10-25)24-7-3-4-8-24/h13H,3-10H2,1-2H3. The molecule has 0 saturated carbocycles. The molecule has 4 heterocycles. The van der Waals surface area contributed by atoms with E-state index in [0.717, 1.165) is 36.0 Å². The van der Waals surface area contributed by atoms with E-state index in [4.69, 9.17) is 0 Å². The van der Waals surface area contributed by atoms with Gasteiger partial charge in [-0.05, 0) is 52.6 Å². The van der Waals surface area contributed by atoms with Crippen molar-refractivity contribution in [3.8, 4) is 0 Å². The molecule has 0 aliphatic carbocycles. The van der Waals surface area contributed by atoms with Crippen LogP contribution in [0.15, 0.2) is 0 Å². The molecule has 4 rings (SSSR count). The number of aromatic nitrogens is 4. The molecule has 6 nitrogen and oxygen atoms in total. The lowest BCUT2D eigenvalue weighted by molar-refractivity contribution is -0.146. The summed E-state index contributed by atoms with van der Waals surface area (Å²) in [6.07, 6.45) is 0.00231. The average molecular weight is 368 g/mol. The normalized spacial score (nSPS) is 20.4. The highest BCUT2D eigenvalue weighted by Gasteiger charge is 2.38. The van der Waals surface area contributed by atoms with Crippen molar-refractivity contribution in [2.75, 3.05) is 31.1 Å². The van der Waals surface area contributed by atoms with E-state index in [-0.39, 0.29) is 5.65 Å². The number of alkyl halides is 3. The van der Waals surface area contributed by atoms with Gasteiger partial charge in [-0.3, -0.25) is 0 Å². The van der Waals surface area contributed by atoms with Crippen molar-refractivity contribution in [1.29, 1.82) is 0 Å². The highest BCUT2D eigenvalue weighted by Crippen LogP contribution is 2.32. The summed E-state index contributed by atoms with van der Waals surface area (Å²) in [4.78, 5) is 4.65. The van der Waals surface area contributed by atoms with Crippen LogP contribution in [-0.4, -0.2) is 56.9 Å². The molecule has 2 aromatic rings. The van der Waals surface area contributed by atoms with Gasteiger partial charge in [-0.15, -0.1) is 15.3 Å². The number of piperidine rings is 1. The van der Waals surface area contributed by atoms with E-state index in [2.05, 4.69) is 25.1 Å². The number of rotatable bonds is 2. The lowest BCUT2D eigenvalue weighted by Crippen LogP contribution is -2.44. The maximum absolute atomic E-state index is 13.2. The summed E-state index contributed by atoms with van der Waals surface area (Å²) >= 11 is 0. The predicted molar refractivity (Wildman–Crippen MR) is 91.3 cm³/mol. The molecule has 2 fully saturated rings. The summed E-state index contributed by atoms with van der Waals surface area (Å²) in [5.74, 6) is -0.455. The van der Waals surface area contributed by atoms with Gasteiger partial charge in [-0.25, -0.2) is 0 Å². The maximum Gasteiger partial charge on any atom is 0.453 e. The van der Waals surface area contributed by atoms with E-state index >= 15 is 0 Å². The first-order valence-corrected chi connectivity index (χ1v) is 9.15. The van der Waals surface area contributed by atoms with Gasteiger partial charge < -0.3 is 9.80 Å². The predicted octanol–water partition coefficient (Wildman–Crippen LogP) is 2.82. The number of nitrogens with zero attached hydrogens (tertiary/aromatic N) is 6. The molecule has 26 heavy (non-hydrogen) atoms. The monoisotopic (exact) mass is 368 g/mol. The Morgan fingerprint density at radius 1 is 0.923 bits per heavy atom. The third-order valence-electron chi connectivity index (χ3n) is 5.74. The molecule has 9 heteroatoms. The van der Waals surface area contributed by atoms with Crippen molar-refractivity contribution in [2.24, 2.45) is 0 Å². The fourth-order valence-corrected chi connectivity index (χ4v) is 4.14. The molecule has 0 amide bonds.